The largest absolute Gasteiger partial charge is 0.530 e. The molecule has 0 saturated carbocycles. The second-order valence-electron chi connectivity index (χ2n) is 11.0. The van der Waals surface area contributed by atoms with Crippen molar-refractivity contribution >= 4 is 49.3 Å². The minimum Gasteiger partial charge on any atom is -0.530 e. The van der Waals surface area contributed by atoms with Gasteiger partial charge in [0.25, 0.3) is 20.2 Å². The molecule has 2 aromatic carbocycles. The third-order valence-corrected chi connectivity index (χ3v) is 11.3. The third kappa shape index (κ3) is 6.56. The Hall–Kier alpha value is -2.86. The predicted molar refractivity (Wildman–Crippen MR) is 152 cm³/mol. The van der Waals surface area contributed by atoms with Crippen molar-refractivity contribution < 1.29 is 49.0 Å². The van der Waals surface area contributed by atoms with Gasteiger partial charge >= 0.3 is 6.18 Å². The normalized spacial score (nSPS) is 20.1. The number of halogens is 5. The van der Waals surface area contributed by atoms with E-state index >= 15 is 0 Å². The van der Waals surface area contributed by atoms with E-state index in [1.807, 2.05) is 0 Å². The van der Waals surface area contributed by atoms with Gasteiger partial charge < -0.3 is 19.5 Å². The lowest BCUT2D eigenvalue weighted by molar-refractivity contribution is -0.254. The van der Waals surface area contributed by atoms with Gasteiger partial charge in [0.05, 0.1) is 28.7 Å². The van der Waals surface area contributed by atoms with Crippen molar-refractivity contribution in [2.45, 2.75) is 68.8 Å². The number of carbonyl (C=O) groups is 1. The molecule has 2 aromatic rings. The fraction of sp³-hybridized carbons (Fsp3) is 0.500. The number of hydrogen-bond acceptors (Lipinski definition) is 7. The molecule has 11 nitrogen and oxygen atoms in total. The summed E-state index contributed by atoms with van der Waals surface area (Å²) in [6.45, 7) is 2.33. The van der Waals surface area contributed by atoms with Crippen LogP contribution >= 0.6 is 11.6 Å². The molecule has 2 atom stereocenters. The number of benzene rings is 2. The molecule has 18 heteroatoms. The highest BCUT2D eigenvalue weighted by molar-refractivity contribution is 7.92. The monoisotopic (exact) mass is 685 g/mol. The highest BCUT2D eigenvalue weighted by atomic mass is 35.5. The summed E-state index contributed by atoms with van der Waals surface area (Å²) >= 11 is 5.82. The van der Waals surface area contributed by atoms with E-state index in [1.54, 1.807) is 6.92 Å². The lowest BCUT2D eigenvalue weighted by Crippen LogP contribution is -2.60. The molecule has 44 heavy (non-hydrogen) atoms. The van der Waals surface area contributed by atoms with Gasteiger partial charge in [0.2, 0.25) is 0 Å². The summed E-state index contributed by atoms with van der Waals surface area (Å²) in [5.74, 6) is -1.11. The maximum absolute atomic E-state index is 13.9. The average Bonchev–Trinajstić information content (AvgIpc) is 2.92. The number of fused-ring (bicyclic) bond motifs is 1. The van der Waals surface area contributed by atoms with Crippen LogP contribution in [0.3, 0.4) is 0 Å². The number of amides is 1. The number of anilines is 2. The summed E-state index contributed by atoms with van der Waals surface area (Å²) in [5.41, 5.74) is -3.92. The van der Waals surface area contributed by atoms with Crippen molar-refractivity contribution in [1.82, 2.24) is 9.03 Å². The molecule has 2 aliphatic heterocycles. The second-order valence-corrected chi connectivity index (χ2v) is 14.9. The first-order valence-electron chi connectivity index (χ1n) is 13.4. The molecule has 0 bridgehead atoms. The van der Waals surface area contributed by atoms with E-state index in [-0.39, 0.29) is 22.4 Å². The van der Waals surface area contributed by atoms with E-state index in [0.717, 1.165) is 47.1 Å². The molecule has 1 N–H and O–H groups in total. The molecule has 1 unspecified atom stereocenters. The first-order valence-corrected chi connectivity index (χ1v) is 16.7. The Morgan fingerprint density at radius 2 is 1.82 bits per heavy atom. The number of ether oxygens (including phenoxy) is 1. The number of piperidine rings is 1. The number of sulfonamides is 1. The molecule has 0 aromatic heterocycles. The van der Waals surface area contributed by atoms with Crippen molar-refractivity contribution in [2.75, 3.05) is 28.8 Å². The standard InChI is InChI=1S/C26H31ClF4N4O7S2/c1-16-6-4-5-11-33(16)44(40,41)32-14-18-15-34(43(38,39)19-8-9-21(28)20(27)13-19)22-12-17(7-10-23(22)42-18)35(24(36)37)25(2,3)26(29,30)31/h7-10,12-13,16,18,32H,4-6,11,14-15H2,1-3H3,(H,36,37)/p-1/t16?,18-/m0/s1. The van der Waals surface area contributed by atoms with Gasteiger partial charge in [0, 0.05) is 18.3 Å². The summed E-state index contributed by atoms with van der Waals surface area (Å²) in [4.78, 5) is 11.4. The smallest absolute Gasteiger partial charge is 0.411 e. The molecular weight excluding hydrogens is 656 g/mol. The Labute approximate surface area is 257 Å². The summed E-state index contributed by atoms with van der Waals surface area (Å²) in [6.07, 6.45) is -6.20. The summed E-state index contributed by atoms with van der Waals surface area (Å²) in [5, 5.41) is 11.4. The fourth-order valence-corrected chi connectivity index (χ4v) is 8.31. The zero-order chi connectivity index (χ0) is 32.8. The molecule has 2 heterocycles. The average molecular weight is 686 g/mol. The van der Waals surface area contributed by atoms with Gasteiger partial charge in [0.15, 0.2) is 0 Å². The number of nitrogens with one attached hydrogen (secondary N) is 1. The van der Waals surface area contributed by atoms with Crippen LogP contribution in [0.5, 0.6) is 5.75 Å². The quantitative estimate of drug-likeness (QED) is 0.419. The van der Waals surface area contributed by atoms with E-state index in [0.29, 0.717) is 33.2 Å². The van der Waals surface area contributed by atoms with Gasteiger partial charge in [-0.1, -0.05) is 18.0 Å². The van der Waals surface area contributed by atoms with Crippen LogP contribution in [0.2, 0.25) is 5.02 Å². The molecule has 4 rings (SSSR count). The Morgan fingerprint density at radius 1 is 1.14 bits per heavy atom. The summed E-state index contributed by atoms with van der Waals surface area (Å²) < 4.78 is 119. The lowest BCUT2D eigenvalue weighted by atomic mass is 10.0. The number of carboxylic acid groups (broad SMARTS) is 1. The zero-order valence-corrected chi connectivity index (χ0v) is 26.2. The van der Waals surface area contributed by atoms with E-state index in [1.165, 1.54) is 4.31 Å². The van der Waals surface area contributed by atoms with Crippen LogP contribution < -0.4 is 23.8 Å². The van der Waals surface area contributed by atoms with Crippen LogP contribution in [-0.4, -0.2) is 70.7 Å². The Balaban J connectivity index is 1.76. The van der Waals surface area contributed by atoms with E-state index in [4.69, 9.17) is 16.3 Å². The highest BCUT2D eigenvalue weighted by Crippen LogP contribution is 2.43. The maximum atomic E-state index is 13.9. The van der Waals surface area contributed by atoms with Crippen molar-refractivity contribution in [3.05, 3.63) is 47.2 Å². The summed E-state index contributed by atoms with van der Waals surface area (Å²) in [7, 11) is -8.64. The minimum atomic E-state index is -5.05. The molecule has 1 saturated heterocycles. The first-order chi connectivity index (χ1) is 20.3. The van der Waals surface area contributed by atoms with E-state index in [2.05, 4.69) is 4.72 Å². The highest BCUT2D eigenvalue weighted by Gasteiger charge is 2.52. The van der Waals surface area contributed by atoms with Crippen molar-refractivity contribution in [2.24, 2.45) is 0 Å². The molecular formula is C26H30ClF4N4O7S2-. The van der Waals surface area contributed by atoms with Crippen molar-refractivity contribution in [3.63, 3.8) is 0 Å². The summed E-state index contributed by atoms with van der Waals surface area (Å²) in [6, 6.07) is 5.22. The molecule has 0 radical (unpaired) electrons. The fourth-order valence-electron chi connectivity index (χ4n) is 5.03. The molecule has 1 amide bonds. The number of nitrogens with zero attached hydrogens (tertiary/aromatic N) is 3. The van der Waals surface area contributed by atoms with Gasteiger partial charge in [-0.25, -0.2) is 12.8 Å². The van der Waals surface area contributed by atoms with Crippen molar-refractivity contribution in [1.29, 1.82) is 0 Å². The first kappa shape index (κ1) is 34.0. The number of hydrogen-bond donors (Lipinski definition) is 1. The van der Waals surface area contributed by atoms with Gasteiger partial charge in [0.1, 0.15) is 29.3 Å². The number of rotatable bonds is 8. The molecule has 0 spiro atoms. The van der Waals surface area contributed by atoms with Gasteiger partial charge in [-0.15, -0.1) is 0 Å². The number of alkyl halides is 3. The van der Waals surface area contributed by atoms with E-state index in [9.17, 15) is 44.3 Å². The molecule has 244 valence electrons. The second kappa shape index (κ2) is 12.2. The third-order valence-electron chi connectivity index (χ3n) is 7.59. The maximum Gasteiger partial charge on any atom is 0.411 e. The molecule has 1 fully saturated rings. The predicted octanol–water partition coefficient (Wildman–Crippen LogP) is 3.63. The van der Waals surface area contributed by atoms with Gasteiger partial charge in [-0.2, -0.15) is 30.6 Å². The van der Waals surface area contributed by atoms with Crippen molar-refractivity contribution in [3.8, 4) is 5.75 Å². The Morgan fingerprint density at radius 3 is 2.41 bits per heavy atom. The zero-order valence-electron chi connectivity index (χ0n) is 23.8. The number of carbonyl (C=O) groups excluding carboxylic acids is 1. The van der Waals surface area contributed by atoms with Crippen LogP contribution in [0.25, 0.3) is 0 Å². The Bertz CT molecular complexity index is 1640. The lowest BCUT2D eigenvalue weighted by Gasteiger charge is -2.42. The van der Waals surface area contributed by atoms with Crippen LogP contribution in [0.1, 0.15) is 40.0 Å². The molecule has 2 aliphatic rings. The molecule has 0 aliphatic carbocycles. The van der Waals surface area contributed by atoms with Gasteiger partial charge in [-0.05, 0) is 70.0 Å². The van der Waals surface area contributed by atoms with Crippen LogP contribution in [0, 0.1) is 5.82 Å². The van der Waals surface area contributed by atoms with E-state index < -0.39 is 78.7 Å². The van der Waals surface area contributed by atoms with Gasteiger partial charge in [-0.3, -0.25) is 4.31 Å². The van der Waals surface area contributed by atoms with Crippen LogP contribution in [-0.2, 0) is 20.2 Å². The van der Waals surface area contributed by atoms with Crippen LogP contribution in [0.4, 0.5) is 33.7 Å². The van der Waals surface area contributed by atoms with Crippen LogP contribution in [0.15, 0.2) is 41.3 Å². The minimum absolute atomic E-state index is 0.0627. The Kier molecular flexibility index (Phi) is 9.39. The topological polar surface area (TPSA) is 139 Å². The SMILES string of the molecule is CC1CCCCN1S(=O)(=O)NC[C@H]1CN(S(=O)(=O)c2ccc(F)c(Cl)c2)c2cc(N(C(=O)[O-])C(C)(C)C(F)(F)F)ccc2O1.